The summed E-state index contributed by atoms with van der Waals surface area (Å²) in [7, 11) is -3.61. The lowest BCUT2D eigenvalue weighted by molar-refractivity contribution is -0.396. The summed E-state index contributed by atoms with van der Waals surface area (Å²) in [6.45, 7) is 2.55. The van der Waals surface area contributed by atoms with Crippen molar-refractivity contribution in [2.45, 2.75) is 50.3 Å². The molecule has 1 atom stereocenters. The second-order valence-corrected chi connectivity index (χ2v) is 6.74. The Balaban J connectivity index is 5.67. The molecule has 0 aromatic heterocycles. The zero-order chi connectivity index (χ0) is 18.0. The molecule has 0 saturated carbocycles. The van der Waals surface area contributed by atoms with Gasteiger partial charge in [-0.1, -0.05) is 6.92 Å². The van der Waals surface area contributed by atoms with Gasteiger partial charge in [0.25, 0.3) is 0 Å². The SMILES string of the molecule is CCO[SiH](OCC)C(C)C(F)(F)C(F)(F)C(F)(F)C(F)(F)F. The Kier molecular flexibility index (Phi) is 6.79. The predicted octanol–water partition coefficient (Wildman–Crippen LogP) is 4.14. The molecule has 0 rings (SSSR count). The Bertz CT molecular complexity index is 353. The van der Waals surface area contributed by atoms with Gasteiger partial charge in [0.15, 0.2) is 0 Å². The highest BCUT2D eigenvalue weighted by Crippen LogP contribution is 2.56. The minimum Gasteiger partial charge on any atom is -0.397 e. The van der Waals surface area contributed by atoms with Crippen LogP contribution in [0.2, 0.25) is 5.54 Å². The van der Waals surface area contributed by atoms with E-state index in [0.717, 1.165) is 0 Å². The van der Waals surface area contributed by atoms with Crippen LogP contribution in [0.4, 0.5) is 39.5 Å². The minimum atomic E-state index is -6.89. The van der Waals surface area contributed by atoms with Crippen molar-refractivity contribution in [2.24, 2.45) is 0 Å². The third-order valence-corrected chi connectivity index (χ3v) is 5.37. The molecule has 0 N–H and O–H groups in total. The van der Waals surface area contributed by atoms with Crippen molar-refractivity contribution in [3.8, 4) is 0 Å². The highest BCUT2D eigenvalue weighted by atomic mass is 28.3. The molecule has 0 aliphatic rings. The number of hydrogen-bond donors (Lipinski definition) is 0. The summed E-state index contributed by atoms with van der Waals surface area (Å²) in [5.41, 5.74) is -2.62. The third-order valence-electron chi connectivity index (χ3n) is 2.81. The van der Waals surface area contributed by atoms with E-state index < -0.39 is 38.8 Å². The van der Waals surface area contributed by atoms with E-state index in [-0.39, 0.29) is 13.2 Å². The van der Waals surface area contributed by atoms with Crippen LogP contribution in [0.25, 0.3) is 0 Å². The molecular formula is C10H15F9O2Si. The maximum absolute atomic E-state index is 13.7. The molecule has 1 unspecified atom stereocenters. The molecule has 134 valence electrons. The summed E-state index contributed by atoms with van der Waals surface area (Å²) < 4.78 is 125. The first-order valence-electron chi connectivity index (χ1n) is 6.11. The second kappa shape index (κ2) is 6.95. The van der Waals surface area contributed by atoms with Crippen LogP contribution in [0, 0.1) is 0 Å². The monoisotopic (exact) mass is 366 g/mol. The lowest BCUT2D eigenvalue weighted by Crippen LogP contribution is -2.63. The van der Waals surface area contributed by atoms with E-state index in [0.29, 0.717) is 6.92 Å². The van der Waals surface area contributed by atoms with Gasteiger partial charge in [-0.05, 0) is 13.8 Å². The van der Waals surface area contributed by atoms with Crippen molar-refractivity contribution in [2.75, 3.05) is 13.2 Å². The smallest absolute Gasteiger partial charge is 0.397 e. The normalized spacial score (nSPS) is 16.2. The Morgan fingerprint density at radius 2 is 1.14 bits per heavy atom. The molecule has 2 nitrogen and oxygen atoms in total. The Morgan fingerprint density at radius 3 is 1.41 bits per heavy atom. The second-order valence-electron chi connectivity index (χ2n) is 4.34. The van der Waals surface area contributed by atoms with Crippen molar-refractivity contribution in [1.82, 2.24) is 0 Å². The molecule has 0 spiro atoms. The van der Waals surface area contributed by atoms with Crippen LogP contribution in [0.15, 0.2) is 0 Å². The molecule has 0 radical (unpaired) electrons. The summed E-state index contributed by atoms with van der Waals surface area (Å²) >= 11 is 0. The zero-order valence-corrected chi connectivity index (χ0v) is 12.9. The fraction of sp³-hybridized carbons (Fsp3) is 1.00. The number of alkyl halides is 9. The van der Waals surface area contributed by atoms with Crippen molar-refractivity contribution < 1.29 is 48.4 Å². The molecule has 0 bridgehead atoms. The van der Waals surface area contributed by atoms with Gasteiger partial charge in [0.05, 0.1) is 5.54 Å². The van der Waals surface area contributed by atoms with Crippen molar-refractivity contribution >= 4 is 9.28 Å². The van der Waals surface area contributed by atoms with E-state index in [2.05, 4.69) is 0 Å². The minimum absolute atomic E-state index is 0.238. The summed E-state index contributed by atoms with van der Waals surface area (Å²) in [5, 5.41) is 0. The molecule has 0 amide bonds. The van der Waals surface area contributed by atoms with Crippen LogP contribution in [-0.2, 0) is 8.85 Å². The van der Waals surface area contributed by atoms with Gasteiger partial charge in [-0.25, -0.2) is 0 Å². The molecule has 22 heavy (non-hydrogen) atoms. The van der Waals surface area contributed by atoms with Gasteiger partial charge in [0.1, 0.15) is 0 Å². The fourth-order valence-electron chi connectivity index (χ4n) is 1.51. The predicted molar refractivity (Wildman–Crippen MR) is 60.7 cm³/mol. The lowest BCUT2D eigenvalue weighted by Gasteiger charge is -2.38. The van der Waals surface area contributed by atoms with E-state index in [9.17, 15) is 39.5 Å². The highest BCUT2D eigenvalue weighted by Gasteiger charge is 2.83. The van der Waals surface area contributed by atoms with Crippen LogP contribution in [0.5, 0.6) is 0 Å². The highest BCUT2D eigenvalue weighted by molar-refractivity contribution is 6.46. The largest absolute Gasteiger partial charge is 0.460 e. The first-order valence-corrected chi connectivity index (χ1v) is 7.72. The molecule has 0 aromatic carbocycles. The van der Waals surface area contributed by atoms with Gasteiger partial charge >= 0.3 is 33.2 Å². The summed E-state index contributed by atoms with van der Waals surface area (Å²) in [5.74, 6) is -19.2. The molecule has 0 saturated heterocycles. The van der Waals surface area contributed by atoms with E-state index in [4.69, 9.17) is 8.85 Å². The number of halogens is 9. The summed E-state index contributed by atoms with van der Waals surface area (Å²) in [4.78, 5) is 0. The molecular weight excluding hydrogens is 351 g/mol. The fourth-order valence-corrected chi connectivity index (χ4v) is 3.39. The zero-order valence-electron chi connectivity index (χ0n) is 11.8. The van der Waals surface area contributed by atoms with Gasteiger partial charge in [0.2, 0.25) is 0 Å². The van der Waals surface area contributed by atoms with E-state index in [1.165, 1.54) is 13.8 Å². The third kappa shape index (κ3) is 3.70. The van der Waals surface area contributed by atoms with Gasteiger partial charge in [-0.15, -0.1) is 0 Å². The van der Waals surface area contributed by atoms with E-state index in [1.54, 1.807) is 0 Å². The maximum Gasteiger partial charge on any atom is 0.460 e. The van der Waals surface area contributed by atoms with Crippen LogP contribution >= 0.6 is 0 Å². The maximum atomic E-state index is 13.7. The standard InChI is InChI=1S/C10H15F9O2Si/c1-4-20-22(21-5-2)6(3)7(11,12)8(13,14)9(15,16)10(17,18)19/h6,22H,4-5H2,1-3H3. The van der Waals surface area contributed by atoms with Crippen LogP contribution < -0.4 is 0 Å². The molecule has 12 heteroatoms. The molecule has 0 fully saturated rings. The average molecular weight is 366 g/mol. The van der Waals surface area contributed by atoms with Crippen molar-refractivity contribution in [3.05, 3.63) is 0 Å². The Labute approximate surface area is 122 Å². The van der Waals surface area contributed by atoms with Crippen LogP contribution in [0.1, 0.15) is 20.8 Å². The van der Waals surface area contributed by atoms with E-state index in [1.807, 2.05) is 0 Å². The van der Waals surface area contributed by atoms with Gasteiger partial charge in [-0.3, -0.25) is 0 Å². The van der Waals surface area contributed by atoms with Crippen LogP contribution in [-0.4, -0.2) is 46.4 Å². The van der Waals surface area contributed by atoms with Crippen molar-refractivity contribution in [1.29, 1.82) is 0 Å². The number of rotatable bonds is 8. The quantitative estimate of drug-likeness (QED) is 0.475. The van der Waals surface area contributed by atoms with Crippen molar-refractivity contribution in [3.63, 3.8) is 0 Å². The molecule has 0 aromatic rings. The van der Waals surface area contributed by atoms with E-state index >= 15 is 0 Å². The lowest BCUT2D eigenvalue weighted by atomic mass is 10.0. The first-order chi connectivity index (χ1) is 9.68. The summed E-state index contributed by atoms with van der Waals surface area (Å²) in [6.07, 6.45) is -6.83. The van der Waals surface area contributed by atoms with Gasteiger partial charge in [-0.2, -0.15) is 39.5 Å². The number of hydrogen-bond acceptors (Lipinski definition) is 2. The summed E-state index contributed by atoms with van der Waals surface area (Å²) in [6, 6.07) is 0. The van der Waals surface area contributed by atoms with Gasteiger partial charge in [0, 0.05) is 13.2 Å². The van der Waals surface area contributed by atoms with Crippen LogP contribution in [0.3, 0.4) is 0 Å². The molecule has 0 aliphatic carbocycles. The Hall–Kier alpha value is -0.493. The average Bonchev–Trinajstić information content (AvgIpc) is 2.35. The molecule has 0 heterocycles. The molecule has 0 aliphatic heterocycles. The Morgan fingerprint density at radius 1 is 0.773 bits per heavy atom. The first kappa shape index (κ1) is 21.5. The van der Waals surface area contributed by atoms with Gasteiger partial charge < -0.3 is 8.85 Å². The topological polar surface area (TPSA) is 18.5 Å².